The third-order valence-electron chi connectivity index (χ3n) is 4.01. The van der Waals surface area contributed by atoms with Gasteiger partial charge in [0.05, 0.1) is 18.6 Å². The molecule has 1 fully saturated rings. The van der Waals surface area contributed by atoms with Gasteiger partial charge in [-0.2, -0.15) is 13.2 Å². The molecule has 0 unspecified atom stereocenters. The number of halogens is 3. The van der Waals surface area contributed by atoms with Gasteiger partial charge in [-0.15, -0.1) is 0 Å². The Kier molecular flexibility index (Phi) is 4.70. The van der Waals surface area contributed by atoms with E-state index < -0.39 is 29.1 Å². The molecule has 1 aliphatic rings. The van der Waals surface area contributed by atoms with Crippen LogP contribution in [-0.4, -0.2) is 18.8 Å². The maximum atomic E-state index is 14.0. The minimum Gasteiger partial charge on any atom is -0.476 e. The Morgan fingerprint density at radius 2 is 1.83 bits per heavy atom. The summed E-state index contributed by atoms with van der Waals surface area (Å²) in [5.41, 5.74) is -3.22. The predicted octanol–water partition coefficient (Wildman–Crippen LogP) is 4.58. The fourth-order valence-corrected chi connectivity index (χ4v) is 3.19. The van der Waals surface area contributed by atoms with E-state index in [0.29, 0.717) is 0 Å². The molecule has 1 heterocycles. The highest BCUT2D eigenvalue weighted by Gasteiger charge is 2.73. The smallest absolute Gasteiger partial charge is 0.433 e. The van der Waals surface area contributed by atoms with Crippen molar-refractivity contribution >= 4 is 5.97 Å². The minimum absolute atomic E-state index is 0.00197. The summed E-state index contributed by atoms with van der Waals surface area (Å²) in [7, 11) is 0. The lowest BCUT2D eigenvalue weighted by Crippen LogP contribution is -2.62. The van der Waals surface area contributed by atoms with Crippen LogP contribution in [0, 0.1) is 11.3 Å². The van der Waals surface area contributed by atoms with Crippen molar-refractivity contribution in [1.82, 2.24) is 0 Å². The van der Waals surface area contributed by atoms with Gasteiger partial charge in [0.1, 0.15) is 5.76 Å². The Bertz CT molecular complexity index is 629. The number of carbonyl (C=O) groups is 1. The maximum Gasteiger partial charge on any atom is 0.433 e. The number of benzene rings is 1. The maximum absolute atomic E-state index is 14.0. The minimum atomic E-state index is -4.63. The molecule has 0 aromatic heterocycles. The molecule has 0 bridgehead atoms. The van der Waals surface area contributed by atoms with Crippen molar-refractivity contribution in [2.75, 3.05) is 6.61 Å². The molecule has 0 N–H and O–H groups in total. The Labute approximate surface area is 139 Å². The molecule has 2 atom stereocenters. The first-order valence-electron chi connectivity index (χ1n) is 7.73. The van der Waals surface area contributed by atoms with Crippen LogP contribution in [0.4, 0.5) is 13.2 Å². The lowest BCUT2D eigenvalue weighted by atomic mass is 9.62. The summed E-state index contributed by atoms with van der Waals surface area (Å²) in [6.07, 6.45) is -3.61. The van der Waals surface area contributed by atoms with E-state index in [-0.39, 0.29) is 17.9 Å². The second-order valence-electron chi connectivity index (χ2n) is 6.80. The first kappa shape index (κ1) is 18.4. The van der Waals surface area contributed by atoms with Crippen LogP contribution >= 0.6 is 0 Å². The van der Waals surface area contributed by atoms with Crippen LogP contribution in [0.1, 0.15) is 33.3 Å². The van der Waals surface area contributed by atoms with Gasteiger partial charge in [-0.05, 0) is 12.3 Å². The SMILES string of the molecule is CCOC(=O)/C=C1/O[C@@](c2ccccc2)(C(F)(F)F)[C@@H]1C(C)(C)C. The van der Waals surface area contributed by atoms with Gasteiger partial charge in [0.25, 0.3) is 0 Å². The highest BCUT2D eigenvalue weighted by atomic mass is 19.4. The molecule has 0 spiro atoms. The average molecular weight is 342 g/mol. The number of hydrogen-bond acceptors (Lipinski definition) is 3. The van der Waals surface area contributed by atoms with Gasteiger partial charge >= 0.3 is 12.1 Å². The number of ether oxygens (including phenoxy) is 2. The zero-order chi connectivity index (χ0) is 18.2. The van der Waals surface area contributed by atoms with Crippen molar-refractivity contribution in [3.8, 4) is 0 Å². The number of hydrogen-bond donors (Lipinski definition) is 0. The Balaban J connectivity index is 2.55. The van der Waals surface area contributed by atoms with E-state index in [0.717, 1.165) is 6.08 Å². The number of carbonyl (C=O) groups excluding carboxylic acids is 1. The summed E-state index contributed by atoms with van der Waals surface area (Å²) in [5, 5.41) is 0. The molecule has 0 aliphatic carbocycles. The highest BCUT2D eigenvalue weighted by molar-refractivity contribution is 5.83. The third kappa shape index (κ3) is 3.01. The number of rotatable bonds is 3. The fraction of sp³-hybridized carbons (Fsp3) is 0.500. The number of alkyl halides is 3. The summed E-state index contributed by atoms with van der Waals surface area (Å²) >= 11 is 0. The van der Waals surface area contributed by atoms with Crippen LogP contribution in [0.15, 0.2) is 42.2 Å². The second-order valence-corrected chi connectivity index (χ2v) is 6.80. The molecule has 2 rings (SSSR count). The van der Waals surface area contributed by atoms with Gasteiger partial charge < -0.3 is 9.47 Å². The van der Waals surface area contributed by atoms with Gasteiger partial charge in [-0.25, -0.2) is 4.79 Å². The summed E-state index contributed by atoms with van der Waals surface area (Å²) < 4.78 is 52.1. The molecule has 1 aliphatic heterocycles. The van der Waals surface area contributed by atoms with E-state index in [1.165, 1.54) is 12.1 Å². The zero-order valence-electron chi connectivity index (χ0n) is 14.1. The van der Waals surface area contributed by atoms with Crippen LogP contribution in [-0.2, 0) is 19.9 Å². The lowest BCUT2D eigenvalue weighted by molar-refractivity contribution is -0.349. The van der Waals surface area contributed by atoms with Gasteiger partial charge in [0.15, 0.2) is 0 Å². The van der Waals surface area contributed by atoms with Gasteiger partial charge in [0.2, 0.25) is 5.60 Å². The van der Waals surface area contributed by atoms with Crippen LogP contribution in [0.2, 0.25) is 0 Å². The molecule has 6 heteroatoms. The lowest BCUT2D eigenvalue weighted by Gasteiger charge is -2.56. The van der Waals surface area contributed by atoms with Gasteiger partial charge in [-0.1, -0.05) is 51.1 Å². The van der Waals surface area contributed by atoms with Crippen LogP contribution in [0.5, 0.6) is 0 Å². The van der Waals surface area contributed by atoms with E-state index in [2.05, 4.69) is 0 Å². The average Bonchev–Trinajstić information content (AvgIpc) is 2.40. The van der Waals surface area contributed by atoms with E-state index in [1.54, 1.807) is 45.9 Å². The van der Waals surface area contributed by atoms with Crippen molar-refractivity contribution in [1.29, 1.82) is 0 Å². The molecule has 0 saturated carbocycles. The van der Waals surface area contributed by atoms with E-state index in [4.69, 9.17) is 9.47 Å². The molecule has 1 aromatic carbocycles. The summed E-state index contributed by atoms with van der Waals surface area (Å²) in [6, 6.07) is 7.52. The second kappa shape index (κ2) is 6.15. The van der Waals surface area contributed by atoms with Crippen LogP contribution in [0.25, 0.3) is 0 Å². The highest BCUT2D eigenvalue weighted by Crippen LogP contribution is 2.63. The van der Waals surface area contributed by atoms with E-state index in [9.17, 15) is 18.0 Å². The first-order valence-corrected chi connectivity index (χ1v) is 7.73. The van der Waals surface area contributed by atoms with Crippen molar-refractivity contribution in [3.05, 3.63) is 47.7 Å². The molecule has 1 saturated heterocycles. The molecule has 0 amide bonds. The summed E-state index contributed by atoms with van der Waals surface area (Å²) in [6.45, 7) is 6.86. The fourth-order valence-electron chi connectivity index (χ4n) is 3.19. The van der Waals surface area contributed by atoms with Crippen LogP contribution < -0.4 is 0 Å². The predicted molar refractivity (Wildman–Crippen MR) is 82.9 cm³/mol. The van der Waals surface area contributed by atoms with Crippen molar-refractivity contribution < 1.29 is 27.4 Å². The third-order valence-corrected chi connectivity index (χ3v) is 4.01. The molecular weight excluding hydrogens is 321 g/mol. The van der Waals surface area contributed by atoms with Crippen molar-refractivity contribution in [3.63, 3.8) is 0 Å². The normalized spacial score (nSPS) is 25.8. The summed E-state index contributed by atoms with van der Waals surface area (Å²) in [4.78, 5) is 11.7. The molecule has 3 nitrogen and oxygen atoms in total. The number of esters is 1. The molecule has 0 radical (unpaired) electrons. The van der Waals surface area contributed by atoms with E-state index in [1.807, 2.05) is 0 Å². The molecule has 24 heavy (non-hydrogen) atoms. The molecular formula is C18H21F3O3. The quantitative estimate of drug-likeness (QED) is 0.596. The van der Waals surface area contributed by atoms with Crippen LogP contribution in [0.3, 0.4) is 0 Å². The molecule has 1 aromatic rings. The Morgan fingerprint density at radius 1 is 1.25 bits per heavy atom. The zero-order valence-corrected chi connectivity index (χ0v) is 14.1. The van der Waals surface area contributed by atoms with Gasteiger partial charge in [-0.3, -0.25) is 0 Å². The topological polar surface area (TPSA) is 35.5 Å². The Hall–Kier alpha value is -1.98. The largest absolute Gasteiger partial charge is 0.476 e. The monoisotopic (exact) mass is 342 g/mol. The van der Waals surface area contributed by atoms with Crippen molar-refractivity contribution in [2.45, 2.75) is 39.5 Å². The first-order chi connectivity index (χ1) is 11.0. The summed E-state index contributed by atoms with van der Waals surface area (Å²) in [5.74, 6) is -1.73. The van der Waals surface area contributed by atoms with Crippen molar-refractivity contribution in [2.24, 2.45) is 11.3 Å². The Morgan fingerprint density at radius 3 is 2.29 bits per heavy atom. The van der Waals surface area contributed by atoms with Gasteiger partial charge in [0, 0.05) is 5.56 Å². The molecule has 132 valence electrons. The standard InChI is InChI=1S/C18H21F3O3/c1-5-23-14(22)11-13-15(16(2,3)4)17(24-13,18(19,20)21)12-9-7-6-8-10-12/h6-11,15H,5H2,1-4H3/b13-11+/t15-,17+/m0/s1. The van der Waals surface area contributed by atoms with E-state index >= 15 is 0 Å².